The summed E-state index contributed by atoms with van der Waals surface area (Å²) in [6, 6.07) is 17.8. The van der Waals surface area contributed by atoms with Gasteiger partial charge in [-0.3, -0.25) is 9.59 Å². The van der Waals surface area contributed by atoms with E-state index in [-0.39, 0.29) is 34.6 Å². The molecule has 0 aliphatic heterocycles. The summed E-state index contributed by atoms with van der Waals surface area (Å²) < 4.78 is 0. The van der Waals surface area contributed by atoms with Crippen LogP contribution in [-0.4, -0.2) is 22.8 Å². The van der Waals surface area contributed by atoms with Gasteiger partial charge in [0.25, 0.3) is 0 Å². The molecule has 2 amide bonds. The number of allylic oxidation sites excluding steroid dienone is 1. The minimum absolute atomic E-state index is 0.0753. The van der Waals surface area contributed by atoms with Gasteiger partial charge in [0.05, 0.1) is 6.04 Å². The molecule has 3 saturated carbocycles. The van der Waals surface area contributed by atoms with E-state index in [1.807, 2.05) is 67.2 Å². The van der Waals surface area contributed by atoms with Crippen molar-refractivity contribution < 1.29 is 14.4 Å². The molecule has 4 aliphatic carbocycles. The summed E-state index contributed by atoms with van der Waals surface area (Å²) in [6.45, 7) is 8.60. The first-order valence-corrected chi connectivity index (χ1v) is 16.6. The molecule has 2 aromatic rings. The van der Waals surface area contributed by atoms with Crippen molar-refractivity contribution in [2.75, 3.05) is 5.32 Å². The Morgan fingerprint density at radius 2 is 1.69 bits per heavy atom. The summed E-state index contributed by atoms with van der Waals surface area (Å²) in [5.74, 6) is 2.42. The molecule has 2 aromatic carbocycles. The highest BCUT2D eigenvalue weighted by Gasteiger charge is 2.62. The Hall–Kier alpha value is -2.86. The molecule has 5 nitrogen and oxygen atoms in total. The van der Waals surface area contributed by atoms with Crippen LogP contribution in [0.5, 0.6) is 0 Å². The Bertz CT molecular complexity index is 1390. The zero-order chi connectivity index (χ0) is 29.6. The number of hydrogen-bond acceptors (Lipinski definition) is 4. The predicted octanol–water partition coefficient (Wildman–Crippen LogP) is 8.38. The molecule has 0 aromatic heterocycles. The topological polar surface area (TPSA) is 75.3 Å². The molecule has 2 N–H and O–H groups in total. The van der Waals surface area contributed by atoms with Crippen LogP contribution in [0.2, 0.25) is 0 Å². The highest BCUT2D eigenvalue weighted by Crippen LogP contribution is 2.68. The van der Waals surface area contributed by atoms with Gasteiger partial charge in [0.1, 0.15) is 5.78 Å². The maximum atomic E-state index is 12.7. The number of hydrogen-bond donors (Lipinski definition) is 2. The first-order chi connectivity index (χ1) is 20.1. The fourth-order valence-electron chi connectivity index (χ4n) is 9.27. The van der Waals surface area contributed by atoms with Crippen molar-refractivity contribution in [2.45, 2.75) is 88.8 Å². The number of carbonyl (C=O) groups is 3. The van der Waals surface area contributed by atoms with E-state index in [2.05, 4.69) is 36.6 Å². The van der Waals surface area contributed by atoms with Gasteiger partial charge in [0.15, 0.2) is 5.78 Å². The quantitative estimate of drug-likeness (QED) is 0.358. The van der Waals surface area contributed by atoms with Gasteiger partial charge in [-0.05, 0) is 117 Å². The number of urea groups is 1. The van der Waals surface area contributed by atoms with E-state index in [0.717, 1.165) is 49.8 Å². The Labute approximate surface area is 254 Å². The van der Waals surface area contributed by atoms with Crippen LogP contribution in [0.4, 0.5) is 10.5 Å². The summed E-state index contributed by atoms with van der Waals surface area (Å²) in [4.78, 5) is 39.1. The van der Waals surface area contributed by atoms with Gasteiger partial charge < -0.3 is 10.6 Å². The van der Waals surface area contributed by atoms with Gasteiger partial charge in [-0.1, -0.05) is 49.8 Å². The number of anilines is 1. The van der Waals surface area contributed by atoms with E-state index in [0.29, 0.717) is 35.2 Å². The second kappa shape index (κ2) is 11.3. The SMILES string of the molecule is CC(=O)[C@H]1CC[C@H]2[C@@H]3[C@H](Sc4ccc(NC(=O)NC(C)c5ccccc5)cc4)CC4=CC(=O)CC[C@]4(C)[C@H]3CC[C@]12C. The molecule has 222 valence electrons. The van der Waals surface area contributed by atoms with Gasteiger partial charge in [-0.25, -0.2) is 4.79 Å². The Kier molecular flexibility index (Phi) is 7.88. The van der Waals surface area contributed by atoms with Crippen molar-refractivity contribution in [3.8, 4) is 0 Å². The molecule has 3 fully saturated rings. The number of benzene rings is 2. The average molecular weight is 585 g/mol. The Morgan fingerprint density at radius 3 is 2.40 bits per heavy atom. The zero-order valence-electron chi connectivity index (χ0n) is 25.3. The number of carbonyl (C=O) groups excluding carboxylic acids is 3. The summed E-state index contributed by atoms with van der Waals surface area (Å²) in [5.41, 5.74) is 3.34. The smallest absolute Gasteiger partial charge is 0.319 e. The molecule has 0 radical (unpaired) electrons. The zero-order valence-corrected chi connectivity index (χ0v) is 26.1. The summed E-state index contributed by atoms with van der Waals surface area (Å²) in [7, 11) is 0. The van der Waals surface area contributed by atoms with Gasteiger partial charge in [-0.15, -0.1) is 11.8 Å². The number of rotatable bonds is 6. The standard InChI is InChI=1S/C36H44N2O3S/c1-22(24-8-6-5-7-9-24)37-34(41)38-26-10-12-28(13-11-26)42-32-21-25-20-27(40)16-18-35(25,3)31-17-19-36(4)29(23(2)39)14-15-30(36)33(31)32/h5-13,20,22,29-33H,14-19,21H2,1-4H3,(H2,37,38,41)/t22?,29-,30+,31+,32-,33+,35+,36-/m1/s1. The second-order valence-electron chi connectivity index (χ2n) is 13.7. The molecule has 0 spiro atoms. The van der Waals surface area contributed by atoms with Crippen LogP contribution in [0.1, 0.15) is 84.2 Å². The minimum atomic E-state index is -0.224. The lowest BCUT2D eigenvalue weighted by Crippen LogP contribution is -2.55. The first-order valence-electron chi connectivity index (χ1n) is 15.7. The van der Waals surface area contributed by atoms with Gasteiger partial charge in [0.2, 0.25) is 0 Å². The molecule has 8 atom stereocenters. The lowest BCUT2D eigenvalue weighted by atomic mass is 9.46. The number of Topliss-reactive ketones (excluding diaryl/α,β-unsaturated/α-hetero) is 1. The van der Waals surface area contributed by atoms with Crippen molar-refractivity contribution in [2.24, 2.45) is 34.5 Å². The molecule has 0 saturated heterocycles. The fourth-order valence-corrected chi connectivity index (χ4v) is 10.7. The molecule has 0 bridgehead atoms. The molecule has 4 aliphatic rings. The van der Waals surface area contributed by atoms with Crippen molar-refractivity contribution in [1.29, 1.82) is 0 Å². The van der Waals surface area contributed by atoms with Gasteiger partial charge >= 0.3 is 6.03 Å². The molecule has 42 heavy (non-hydrogen) atoms. The van der Waals surface area contributed by atoms with Crippen LogP contribution in [-0.2, 0) is 9.59 Å². The average Bonchev–Trinajstić information content (AvgIpc) is 3.33. The van der Waals surface area contributed by atoms with Crippen LogP contribution in [0.15, 0.2) is 71.1 Å². The lowest BCUT2D eigenvalue weighted by molar-refractivity contribution is -0.128. The van der Waals surface area contributed by atoms with Crippen LogP contribution in [0.25, 0.3) is 0 Å². The molecular formula is C36H44N2O3S. The number of nitrogens with one attached hydrogen (secondary N) is 2. The highest BCUT2D eigenvalue weighted by molar-refractivity contribution is 8.00. The number of thioether (sulfide) groups is 1. The van der Waals surface area contributed by atoms with Crippen LogP contribution < -0.4 is 10.6 Å². The third-order valence-corrected chi connectivity index (χ3v) is 12.8. The van der Waals surface area contributed by atoms with Gasteiger partial charge in [0, 0.05) is 28.2 Å². The predicted molar refractivity (Wildman–Crippen MR) is 169 cm³/mol. The van der Waals surface area contributed by atoms with Crippen molar-refractivity contribution in [3.63, 3.8) is 0 Å². The molecule has 1 unspecified atom stereocenters. The summed E-state index contributed by atoms with van der Waals surface area (Å²) in [5, 5.41) is 6.36. The number of ketones is 2. The summed E-state index contributed by atoms with van der Waals surface area (Å²) in [6.07, 6.45) is 8.93. The maximum absolute atomic E-state index is 12.7. The monoisotopic (exact) mass is 584 g/mol. The molecule has 6 heteroatoms. The fraction of sp³-hybridized carbons (Fsp3) is 0.528. The first kappa shape index (κ1) is 29.2. The molecule has 6 rings (SSSR count). The van der Waals surface area contributed by atoms with Gasteiger partial charge in [-0.2, -0.15) is 0 Å². The third-order valence-electron chi connectivity index (χ3n) is 11.5. The number of fused-ring (bicyclic) bond motifs is 5. The Balaban J connectivity index is 1.20. The van der Waals surface area contributed by atoms with E-state index in [9.17, 15) is 14.4 Å². The van der Waals surface area contributed by atoms with Crippen molar-refractivity contribution in [1.82, 2.24) is 5.32 Å². The minimum Gasteiger partial charge on any atom is -0.331 e. The van der Waals surface area contributed by atoms with Crippen LogP contribution >= 0.6 is 11.8 Å². The third kappa shape index (κ3) is 5.25. The van der Waals surface area contributed by atoms with Crippen molar-refractivity contribution >= 4 is 35.0 Å². The Morgan fingerprint density at radius 1 is 0.952 bits per heavy atom. The van der Waals surface area contributed by atoms with E-state index >= 15 is 0 Å². The van der Waals surface area contributed by atoms with E-state index in [1.54, 1.807) is 6.92 Å². The lowest BCUT2D eigenvalue weighted by Gasteiger charge is -2.60. The largest absolute Gasteiger partial charge is 0.331 e. The normalized spacial score (nSPS) is 34.3. The maximum Gasteiger partial charge on any atom is 0.319 e. The van der Waals surface area contributed by atoms with Crippen LogP contribution in [0.3, 0.4) is 0 Å². The van der Waals surface area contributed by atoms with Crippen molar-refractivity contribution in [3.05, 3.63) is 71.8 Å². The van der Waals surface area contributed by atoms with E-state index in [4.69, 9.17) is 0 Å². The van der Waals surface area contributed by atoms with E-state index < -0.39 is 0 Å². The number of amides is 2. The van der Waals surface area contributed by atoms with E-state index in [1.165, 1.54) is 10.5 Å². The van der Waals surface area contributed by atoms with Crippen LogP contribution in [0, 0.1) is 34.5 Å². The highest BCUT2D eigenvalue weighted by atomic mass is 32.2. The second-order valence-corrected chi connectivity index (χ2v) is 15.1. The molecule has 0 heterocycles. The molecular weight excluding hydrogens is 540 g/mol. The summed E-state index contributed by atoms with van der Waals surface area (Å²) >= 11 is 1.93.